The van der Waals surface area contributed by atoms with Crippen LogP contribution in [0.5, 0.6) is 0 Å². The molecule has 3 N–H and O–H groups in total. The smallest absolute Gasteiger partial charge is 0.322 e. The molecule has 0 bridgehead atoms. The fraction of sp³-hybridized carbons (Fsp3) is 0.421. The van der Waals surface area contributed by atoms with Gasteiger partial charge in [0.15, 0.2) is 6.10 Å². The molecule has 2 atom stereocenters. The van der Waals surface area contributed by atoms with E-state index in [1.807, 2.05) is 0 Å². The fourth-order valence-electron chi connectivity index (χ4n) is 3.26. The van der Waals surface area contributed by atoms with E-state index in [0.29, 0.717) is 11.4 Å². The highest BCUT2D eigenvalue weighted by molar-refractivity contribution is 6.15. The number of hydrogen-bond donors (Lipinski definition) is 3. The second-order valence-corrected chi connectivity index (χ2v) is 7.39. The predicted molar refractivity (Wildman–Crippen MR) is 102 cm³/mol. The number of imide groups is 1. The van der Waals surface area contributed by atoms with Crippen molar-refractivity contribution in [3.05, 3.63) is 24.3 Å². The number of carbonyl (C=O) groups is 5. The maximum Gasteiger partial charge on any atom is 0.322 e. The maximum absolute atomic E-state index is 13.1. The summed E-state index contributed by atoms with van der Waals surface area (Å²) in [6, 6.07) is 5.44. The van der Waals surface area contributed by atoms with E-state index in [0.717, 1.165) is 0 Å². The van der Waals surface area contributed by atoms with Crippen molar-refractivity contribution in [1.82, 2.24) is 10.6 Å². The average Bonchev–Trinajstić information content (AvgIpc) is 2.97. The number of para-hydroxylation sites is 2. The number of hydrogen-bond acceptors (Lipinski definition) is 6. The number of benzene rings is 1. The van der Waals surface area contributed by atoms with Gasteiger partial charge in [-0.05, 0) is 39.3 Å². The summed E-state index contributed by atoms with van der Waals surface area (Å²) in [6.07, 6.45) is -1.25. The highest BCUT2D eigenvalue weighted by Gasteiger charge is 2.45. The van der Waals surface area contributed by atoms with E-state index in [1.165, 1.54) is 11.8 Å². The van der Waals surface area contributed by atoms with Crippen LogP contribution >= 0.6 is 0 Å². The third-order valence-corrected chi connectivity index (χ3v) is 4.88. The summed E-state index contributed by atoms with van der Waals surface area (Å²) >= 11 is 0. The average molecular weight is 402 g/mol. The molecule has 2 aliphatic rings. The Labute approximate surface area is 166 Å². The molecule has 0 spiro atoms. The van der Waals surface area contributed by atoms with E-state index in [2.05, 4.69) is 16.0 Å². The van der Waals surface area contributed by atoms with Gasteiger partial charge in [-0.2, -0.15) is 0 Å². The quantitative estimate of drug-likeness (QED) is 0.490. The minimum atomic E-state index is -1.18. The topological polar surface area (TPSA) is 134 Å². The Bertz CT molecular complexity index is 896. The van der Waals surface area contributed by atoms with Gasteiger partial charge in [0.25, 0.3) is 11.8 Å². The molecule has 2 heterocycles. The van der Waals surface area contributed by atoms with Gasteiger partial charge in [-0.1, -0.05) is 12.1 Å². The zero-order valence-corrected chi connectivity index (χ0v) is 16.3. The minimum Gasteiger partial charge on any atom is -0.453 e. The van der Waals surface area contributed by atoms with Crippen molar-refractivity contribution in [2.24, 2.45) is 0 Å². The molecule has 0 aliphatic carbocycles. The van der Waals surface area contributed by atoms with E-state index >= 15 is 0 Å². The molecule has 1 aromatic rings. The van der Waals surface area contributed by atoms with E-state index in [9.17, 15) is 24.0 Å². The highest BCUT2D eigenvalue weighted by Crippen LogP contribution is 2.37. The summed E-state index contributed by atoms with van der Waals surface area (Å²) in [7, 11) is 0. The molecule has 10 heteroatoms. The summed E-state index contributed by atoms with van der Waals surface area (Å²) in [5.41, 5.74) is -0.180. The number of nitrogens with zero attached hydrogens (tertiary/aromatic N) is 1. The Morgan fingerprint density at radius 1 is 1.17 bits per heavy atom. The minimum absolute atomic E-state index is 0.0533. The third kappa shape index (κ3) is 3.91. The van der Waals surface area contributed by atoms with Gasteiger partial charge in [-0.3, -0.25) is 29.4 Å². The maximum atomic E-state index is 13.1. The Balaban J connectivity index is 1.67. The molecule has 0 unspecified atom stereocenters. The van der Waals surface area contributed by atoms with Gasteiger partial charge in [-0.15, -0.1) is 0 Å². The normalized spacial score (nSPS) is 20.9. The van der Waals surface area contributed by atoms with Gasteiger partial charge in [-0.25, -0.2) is 4.79 Å². The number of urea groups is 1. The van der Waals surface area contributed by atoms with E-state index in [4.69, 9.17) is 4.74 Å². The molecule has 0 saturated carbocycles. The summed E-state index contributed by atoms with van der Waals surface area (Å²) in [6.45, 7) is 4.63. The fourth-order valence-corrected chi connectivity index (χ4v) is 3.26. The second kappa shape index (κ2) is 7.53. The van der Waals surface area contributed by atoms with Crippen molar-refractivity contribution in [2.45, 2.75) is 51.3 Å². The lowest BCUT2D eigenvalue weighted by Crippen LogP contribution is -2.60. The summed E-state index contributed by atoms with van der Waals surface area (Å²) in [5.74, 6) is -2.10. The van der Waals surface area contributed by atoms with Crippen LogP contribution in [-0.4, -0.2) is 47.4 Å². The molecule has 10 nitrogen and oxygen atoms in total. The monoisotopic (exact) mass is 402 g/mol. The van der Waals surface area contributed by atoms with E-state index in [1.54, 1.807) is 38.1 Å². The molecular formula is C19H22N4O6. The van der Waals surface area contributed by atoms with Gasteiger partial charge in [0.05, 0.1) is 11.4 Å². The molecule has 2 aliphatic heterocycles. The Morgan fingerprint density at radius 2 is 1.86 bits per heavy atom. The zero-order chi connectivity index (χ0) is 21.3. The summed E-state index contributed by atoms with van der Waals surface area (Å²) < 4.78 is 5.22. The predicted octanol–water partition coefficient (Wildman–Crippen LogP) is 0.670. The van der Waals surface area contributed by atoms with Gasteiger partial charge in [0.2, 0.25) is 5.91 Å². The first kappa shape index (κ1) is 20.3. The first-order chi connectivity index (χ1) is 13.6. The van der Waals surface area contributed by atoms with Crippen molar-refractivity contribution >= 4 is 41.1 Å². The van der Waals surface area contributed by atoms with Gasteiger partial charge < -0.3 is 15.4 Å². The van der Waals surface area contributed by atoms with Crippen molar-refractivity contribution in [2.75, 3.05) is 10.2 Å². The molecule has 1 aromatic carbocycles. The summed E-state index contributed by atoms with van der Waals surface area (Å²) in [5, 5.41) is 7.22. The van der Waals surface area contributed by atoms with Gasteiger partial charge >= 0.3 is 12.0 Å². The molecular weight excluding hydrogens is 380 g/mol. The molecule has 1 fully saturated rings. The van der Waals surface area contributed by atoms with Crippen molar-refractivity contribution < 1.29 is 28.7 Å². The number of anilines is 2. The van der Waals surface area contributed by atoms with Crippen LogP contribution in [0.2, 0.25) is 0 Å². The van der Waals surface area contributed by atoms with Crippen molar-refractivity contribution in [1.29, 1.82) is 0 Å². The SMILES string of the molecule is C[C@@H](OC(=O)CC[C@H]1NC(=O)NC1=O)C(=O)N1c2ccccc2NC(=O)C1(C)C. The van der Waals surface area contributed by atoms with E-state index < -0.39 is 41.5 Å². The van der Waals surface area contributed by atoms with Crippen molar-refractivity contribution in [3.63, 3.8) is 0 Å². The number of nitrogens with one attached hydrogen (secondary N) is 3. The lowest BCUT2D eigenvalue weighted by atomic mass is 9.95. The third-order valence-electron chi connectivity index (χ3n) is 4.88. The lowest BCUT2D eigenvalue weighted by Gasteiger charge is -2.42. The lowest BCUT2D eigenvalue weighted by molar-refractivity contribution is -0.154. The highest BCUT2D eigenvalue weighted by atomic mass is 16.5. The van der Waals surface area contributed by atoms with Gasteiger partial charge in [0.1, 0.15) is 11.6 Å². The number of amides is 5. The first-order valence-electron chi connectivity index (χ1n) is 9.16. The largest absolute Gasteiger partial charge is 0.453 e. The zero-order valence-electron chi connectivity index (χ0n) is 16.3. The van der Waals surface area contributed by atoms with E-state index in [-0.39, 0.29) is 18.7 Å². The van der Waals surface area contributed by atoms with Crippen LogP contribution in [0.25, 0.3) is 0 Å². The Hall–Kier alpha value is -3.43. The van der Waals surface area contributed by atoms with Crippen LogP contribution in [0, 0.1) is 0 Å². The van der Waals surface area contributed by atoms with Crippen LogP contribution in [0.4, 0.5) is 16.2 Å². The van der Waals surface area contributed by atoms with Crippen molar-refractivity contribution in [3.8, 4) is 0 Å². The number of ether oxygens (including phenoxy) is 1. The Kier molecular flexibility index (Phi) is 5.27. The number of carbonyl (C=O) groups excluding carboxylic acids is 5. The van der Waals surface area contributed by atoms with Crippen LogP contribution in [0.1, 0.15) is 33.6 Å². The first-order valence-corrected chi connectivity index (χ1v) is 9.16. The van der Waals surface area contributed by atoms with Crippen LogP contribution in [0.3, 0.4) is 0 Å². The molecule has 154 valence electrons. The molecule has 5 amide bonds. The summed E-state index contributed by atoms with van der Waals surface area (Å²) in [4.78, 5) is 61.6. The van der Waals surface area contributed by atoms with Crippen LogP contribution in [-0.2, 0) is 23.9 Å². The number of esters is 1. The van der Waals surface area contributed by atoms with Crippen LogP contribution in [0.15, 0.2) is 24.3 Å². The van der Waals surface area contributed by atoms with Gasteiger partial charge in [0, 0.05) is 6.42 Å². The molecule has 0 aromatic heterocycles. The molecule has 3 rings (SSSR count). The number of fused-ring (bicyclic) bond motifs is 1. The Morgan fingerprint density at radius 3 is 2.52 bits per heavy atom. The molecule has 1 saturated heterocycles. The standard InChI is InChI=1S/C19H22N4O6/c1-10(29-14(24)9-8-12-15(25)22-18(28)21-12)16(26)23-13-7-5-4-6-11(13)20-17(27)19(23,2)3/h4-7,10,12H,8-9H2,1-3H3,(H,20,27)(H2,21,22,25,28)/t10-,12-/m1/s1. The van der Waals surface area contributed by atoms with Crippen LogP contribution < -0.4 is 20.9 Å². The second-order valence-electron chi connectivity index (χ2n) is 7.39. The molecule has 0 radical (unpaired) electrons. The molecule has 29 heavy (non-hydrogen) atoms. The number of rotatable bonds is 5.